The summed E-state index contributed by atoms with van der Waals surface area (Å²) in [6.45, 7) is 41.9. The van der Waals surface area contributed by atoms with E-state index < -0.39 is 93.7 Å². The Hall–Kier alpha value is -8.09. The number of piperidine rings is 1. The molecule has 4 saturated carbocycles. The molecule has 3 heterocycles. The van der Waals surface area contributed by atoms with E-state index in [4.69, 9.17) is 23.7 Å². The first-order chi connectivity index (χ1) is 63.5. The number of carboxylic acids is 1. The summed E-state index contributed by atoms with van der Waals surface area (Å²) < 4.78 is 148. The number of para-hydroxylation sites is 2. The number of carbonyl (C=O) groups is 6. The van der Waals surface area contributed by atoms with Gasteiger partial charge < -0.3 is 48.5 Å². The van der Waals surface area contributed by atoms with Crippen molar-refractivity contribution in [1.29, 1.82) is 0 Å². The number of unbranched alkanes of at least 4 members (excludes halogenated alkanes) is 8. The van der Waals surface area contributed by atoms with Crippen LogP contribution in [0.4, 0.5) is 44.3 Å². The van der Waals surface area contributed by atoms with Crippen molar-refractivity contribution >= 4 is 57.9 Å². The molecule has 2 unspecified atom stereocenters. The molecule has 19 nitrogen and oxygen atoms in total. The van der Waals surface area contributed by atoms with E-state index in [0.29, 0.717) is 63.8 Å². The molecule has 2 aliphatic heterocycles. The number of hydrogen-bond acceptors (Lipinski definition) is 18. The highest BCUT2D eigenvalue weighted by atomic mass is 32.2. The van der Waals surface area contributed by atoms with Gasteiger partial charge in [0.05, 0.1) is 51.4 Å². The Morgan fingerprint density at radius 2 is 0.942 bits per heavy atom. The van der Waals surface area contributed by atoms with Gasteiger partial charge in [-0.1, -0.05) is 190 Å². The third kappa shape index (κ3) is 36.1. The second kappa shape index (κ2) is 52.1. The fourth-order valence-electron chi connectivity index (χ4n) is 17.5. The first-order valence-electron chi connectivity index (χ1n) is 48.9. The third-order valence-corrected chi connectivity index (χ3v) is 29.2. The molecule has 0 spiro atoms. The van der Waals surface area contributed by atoms with Crippen LogP contribution in [0, 0.1) is 45.3 Å². The van der Waals surface area contributed by atoms with Gasteiger partial charge in [0.25, 0.3) is 5.60 Å². The summed E-state index contributed by atoms with van der Waals surface area (Å²) in [5, 5.41) is 30.0. The number of carboxylic acid groups (broad SMARTS) is 1. The van der Waals surface area contributed by atoms with Gasteiger partial charge in [-0.05, 0) is 261 Å². The number of carbonyl (C=O) groups excluding carboxylic acids is 6. The van der Waals surface area contributed by atoms with Gasteiger partial charge in [-0.3, -0.25) is 29.0 Å². The van der Waals surface area contributed by atoms with Gasteiger partial charge in [-0.15, -0.1) is 0 Å². The summed E-state index contributed by atoms with van der Waals surface area (Å²) in [5.41, 5.74) is -12.1. The van der Waals surface area contributed by atoms with Crippen molar-refractivity contribution in [2.45, 2.75) is 379 Å². The Labute approximate surface area is 812 Å². The number of rotatable bonds is 32. The molecular weight excluding hydrogens is 1800 g/mol. The SMILES string of the molecule is CC(C)(C)OC(=O)n1c(-c2ccccc2)nc2ccccc21.CCC(C)(C)C(=O)OC(C)(C)C(O)(C(F)(F)F)C(F)(F)F.CCC(C)(C)C(=O)OC(CC(C)C)CC(C)(O)C(F)(F)F.CCC(C)(C)C(=O)OC1CC(C)(C)N(C)C(C)(C)C1.CCCCCCCCCCCC(=O)OCCN1CCOCC1.O=C([O-])C12CC3CC(CC(C3)C1)C2.c1ccc([S+](c2ccccc2)c2ccccc2)cc1. The molecule has 4 aliphatic carbocycles. The lowest BCUT2D eigenvalue weighted by atomic mass is 9.49. The molecule has 0 amide bonds. The van der Waals surface area contributed by atoms with Gasteiger partial charge >= 0.3 is 48.5 Å². The highest BCUT2D eigenvalue weighted by Gasteiger charge is 2.79. The van der Waals surface area contributed by atoms with Crippen molar-refractivity contribution in [3.05, 3.63) is 146 Å². The molecule has 4 bridgehead atoms. The number of morpholine rings is 1. The maximum Gasteiger partial charge on any atom is 0.430 e. The summed E-state index contributed by atoms with van der Waals surface area (Å²) in [7, 11) is 2.15. The minimum absolute atomic E-state index is 0.0146. The Bertz CT molecular complexity index is 4480. The number of benzene rings is 5. The molecule has 6 aromatic rings. The zero-order valence-electron chi connectivity index (χ0n) is 85.6. The van der Waals surface area contributed by atoms with Crippen LogP contribution in [0.2, 0.25) is 0 Å². The second-order valence-electron chi connectivity index (χ2n) is 42.7. The van der Waals surface area contributed by atoms with Gasteiger partial charge in [-0.2, -0.15) is 39.5 Å². The molecule has 2 N–H and O–H groups in total. The summed E-state index contributed by atoms with van der Waals surface area (Å²) >= 11 is 0. The van der Waals surface area contributed by atoms with Crippen molar-refractivity contribution in [3.63, 3.8) is 0 Å². The van der Waals surface area contributed by atoms with E-state index in [1.54, 1.807) is 13.8 Å². The van der Waals surface area contributed by atoms with Gasteiger partial charge in [-0.25, -0.2) is 14.3 Å². The molecule has 6 aliphatic rings. The zero-order chi connectivity index (χ0) is 103. The summed E-state index contributed by atoms with van der Waals surface area (Å²) in [6.07, 6.45) is 3.40. The number of aliphatic carboxylic acids is 1. The number of esters is 4. The number of halogens is 9. The molecule has 1 aromatic heterocycles. The van der Waals surface area contributed by atoms with Crippen LogP contribution in [0.15, 0.2) is 160 Å². The molecule has 2 atom stereocenters. The van der Waals surface area contributed by atoms with Crippen molar-refractivity contribution in [1.82, 2.24) is 19.4 Å². The first kappa shape index (κ1) is 119. The lowest BCUT2D eigenvalue weighted by Gasteiger charge is -2.57. The van der Waals surface area contributed by atoms with Crippen LogP contribution in [0.5, 0.6) is 0 Å². The van der Waals surface area contributed by atoms with Crippen LogP contribution < -0.4 is 5.11 Å². The minimum atomic E-state index is -6.06. The average Bonchev–Trinajstić information content (AvgIpc) is 1.51. The normalized spacial score (nSPS) is 19.2. The fourth-order valence-corrected chi connectivity index (χ4v) is 19.6. The van der Waals surface area contributed by atoms with Crippen molar-refractivity contribution in [2.75, 3.05) is 46.5 Å². The second-order valence-corrected chi connectivity index (χ2v) is 44.7. The number of fused-ring (bicyclic) bond motifs is 1. The van der Waals surface area contributed by atoms with Gasteiger partial charge in [0, 0.05) is 73.3 Å². The van der Waals surface area contributed by atoms with E-state index in [1.165, 1.54) is 104 Å². The average molecular weight is 1960 g/mol. The van der Waals surface area contributed by atoms with Gasteiger partial charge in [0.15, 0.2) is 31.7 Å². The molecule has 29 heteroatoms. The first-order valence-corrected chi connectivity index (χ1v) is 50.1. The van der Waals surface area contributed by atoms with Crippen molar-refractivity contribution in [3.8, 4) is 11.4 Å². The van der Waals surface area contributed by atoms with Crippen LogP contribution in [-0.2, 0) is 63.3 Å². The third-order valence-electron chi connectivity index (χ3n) is 27.0. The number of alkyl halides is 9. The molecule has 770 valence electrons. The van der Waals surface area contributed by atoms with E-state index in [9.17, 15) is 83.6 Å². The van der Waals surface area contributed by atoms with E-state index in [1.807, 2.05) is 117 Å². The van der Waals surface area contributed by atoms with Gasteiger partial charge in [0.1, 0.15) is 24.4 Å². The number of ether oxygens (including phenoxy) is 6. The zero-order valence-corrected chi connectivity index (χ0v) is 86.4. The van der Waals surface area contributed by atoms with E-state index in [-0.39, 0.29) is 64.2 Å². The van der Waals surface area contributed by atoms with Crippen molar-refractivity contribution in [2.24, 2.45) is 45.3 Å². The number of likely N-dealkylation sites (tertiary alicyclic amines) is 1. The molecule has 5 aromatic carbocycles. The summed E-state index contributed by atoms with van der Waals surface area (Å²) in [5.74, 6) is 0.139. The largest absolute Gasteiger partial charge is 0.550 e. The Kier molecular flexibility index (Phi) is 45.4. The topological polar surface area (TPSA) is 246 Å². The summed E-state index contributed by atoms with van der Waals surface area (Å²) in [6, 6.07) is 49.4. The molecule has 6 fully saturated rings. The highest BCUT2D eigenvalue weighted by Crippen LogP contribution is 2.60. The lowest BCUT2D eigenvalue weighted by molar-refractivity contribution is -0.408. The number of nitrogens with zero attached hydrogens (tertiary/aromatic N) is 4. The molecular formula is C108H159F9N4O15S. The fraction of sp³-hybridized carbons (Fsp3) is 0.657. The predicted molar refractivity (Wildman–Crippen MR) is 519 cm³/mol. The van der Waals surface area contributed by atoms with Crippen LogP contribution >= 0.6 is 0 Å². The number of aliphatic hydroxyl groups is 2. The maximum absolute atomic E-state index is 12.8. The standard InChI is InChI=1S/C18H18N2O2.C18H35NO3.C18H15S.C16H31NO2.C15H27F3O3.C12H18F6O3.C11H16O2/c1-18(2,3)22-17(21)20-15-12-8-7-11-14(15)19-16(20)13-9-5-4-6-10-13;1-2-3-4-5-6-7-8-9-10-11-18(20)22-17-14-19-12-15-21-16-13-19;1-4-10-16(11-5-1)19(17-12-6-2-7-13-17)18-14-8-3-9-15-18;1-9-14(2,3)13(18)19-12-10-15(4,5)17(8)16(6,7)11-12;1-7-13(4,5)12(19)21-11(8-10(2)3)9-14(6,20)15(16,17)18;1-6-8(2,3)7(19)21-9(4,5)10(20,11(13,14)15)12(16,17)18;12-10(13)11-4-7-1-8(5-11)3-9(2-7)6-11/h4-12H,1-3H3;2-17H2,1H3;1-15H;12H,9-11H2,1-8H3;10-11,20H,7-9H2,1-6H3;20H,6H2,1-5H3;7-9H,1-6H2,(H,12,13)/q;;+1;;;;/p-1. The van der Waals surface area contributed by atoms with Crippen LogP contribution in [-0.4, -0.2) is 176 Å². The van der Waals surface area contributed by atoms with Crippen molar-refractivity contribution < 1.29 is 112 Å². The number of imidazole rings is 1. The smallest absolute Gasteiger partial charge is 0.430 e. The number of hydrogen-bond donors (Lipinski definition) is 2. The van der Waals surface area contributed by atoms with E-state index in [0.717, 1.165) is 101 Å². The highest BCUT2D eigenvalue weighted by molar-refractivity contribution is 7.97. The molecule has 137 heavy (non-hydrogen) atoms. The quantitative estimate of drug-likeness (QED) is 0.0131. The summed E-state index contributed by atoms with van der Waals surface area (Å²) in [4.78, 5) is 84.8. The monoisotopic (exact) mass is 1960 g/mol. The molecule has 12 rings (SSSR count). The van der Waals surface area contributed by atoms with Gasteiger partial charge in [0.2, 0.25) is 0 Å². The molecule has 0 radical (unpaired) electrons. The number of aromatic nitrogens is 2. The van der Waals surface area contributed by atoms with Crippen LogP contribution in [0.1, 0.15) is 300 Å². The van der Waals surface area contributed by atoms with Crippen LogP contribution in [0.3, 0.4) is 0 Å². The minimum Gasteiger partial charge on any atom is -0.550 e. The maximum atomic E-state index is 12.8. The van der Waals surface area contributed by atoms with E-state index >= 15 is 0 Å². The Balaban J connectivity index is 0.000000283. The molecule has 2 saturated heterocycles. The lowest BCUT2D eigenvalue weighted by Crippen LogP contribution is -2.70. The predicted octanol–water partition coefficient (Wildman–Crippen LogP) is 25.3. The van der Waals surface area contributed by atoms with E-state index in [2.05, 4.69) is 152 Å². The Morgan fingerprint density at radius 3 is 1.35 bits per heavy atom. The Morgan fingerprint density at radius 1 is 0.533 bits per heavy atom. The van der Waals surface area contributed by atoms with Crippen LogP contribution in [0.25, 0.3) is 22.4 Å².